The molecule has 0 aliphatic rings. The Morgan fingerprint density at radius 2 is 1.57 bits per heavy atom. The standard InChI is InChI=1S/C28H31ClN4O6S/c1-4-20(2)30-28(35)21(3)31(18-22-10-8-9-13-26(22)29)27(34)19-32(23-14-16-24(17-15-23)33(36)37)40(38,39)25-11-6-5-7-12-25/h5-17,20-21H,4,18-19H2,1-3H3,(H,30,35)/t20-,21-/m1/s1. The number of halogens is 1. The topological polar surface area (TPSA) is 130 Å². The zero-order chi connectivity index (χ0) is 29.4. The fourth-order valence-electron chi connectivity index (χ4n) is 3.85. The van der Waals surface area contributed by atoms with Crippen molar-refractivity contribution in [2.75, 3.05) is 10.8 Å². The number of nitrogens with one attached hydrogen (secondary N) is 1. The van der Waals surface area contributed by atoms with Crippen molar-refractivity contribution in [1.29, 1.82) is 0 Å². The van der Waals surface area contributed by atoms with E-state index in [4.69, 9.17) is 11.6 Å². The van der Waals surface area contributed by atoms with Crippen LogP contribution in [0.5, 0.6) is 0 Å². The molecule has 212 valence electrons. The van der Waals surface area contributed by atoms with Crippen LogP contribution in [0.4, 0.5) is 11.4 Å². The number of rotatable bonds is 12. The molecule has 3 aromatic carbocycles. The van der Waals surface area contributed by atoms with Gasteiger partial charge >= 0.3 is 0 Å². The van der Waals surface area contributed by atoms with Crippen LogP contribution in [0, 0.1) is 10.1 Å². The van der Waals surface area contributed by atoms with Gasteiger partial charge in [-0.1, -0.05) is 54.9 Å². The summed E-state index contributed by atoms with van der Waals surface area (Å²) in [6.45, 7) is 4.61. The minimum Gasteiger partial charge on any atom is -0.352 e. The summed E-state index contributed by atoms with van der Waals surface area (Å²) in [5, 5.41) is 14.4. The monoisotopic (exact) mass is 586 g/mol. The minimum atomic E-state index is -4.28. The third-order valence-electron chi connectivity index (χ3n) is 6.43. The van der Waals surface area contributed by atoms with Crippen molar-refractivity contribution < 1.29 is 22.9 Å². The smallest absolute Gasteiger partial charge is 0.269 e. The zero-order valence-corrected chi connectivity index (χ0v) is 23.9. The van der Waals surface area contributed by atoms with E-state index in [1.165, 1.54) is 29.2 Å². The predicted molar refractivity (Wildman–Crippen MR) is 153 cm³/mol. The summed E-state index contributed by atoms with van der Waals surface area (Å²) in [6.07, 6.45) is 0.681. The molecule has 0 saturated heterocycles. The summed E-state index contributed by atoms with van der Waals surface area (Å²) in [5.41, 5.74) is 0.397. The van der Waals surface area contributed by atoms with E-state index >= 15 is 0 Å². The van der Waals surface area contributed by atoms with Crippen molar-refractivity contribution in [3.63, 3.8) is 0 Å². The number of carbonyl (C=O) groups is 2. The van der Waals surface area contributed by atoms with Gasteiger partial charge in [0.05, 0.1) is 15.5 Å². The van der Waals surface area contributed by atoms with E-state index < -0.39 is 39.3 Å². The van der Waals surface area contributed by atoms with E-state index in [0.717, 1.165) is 16.4 Å². The summed E-state index contributed by atoms with van der Waals surface area (Å²) >= 11 is 6.36. The number of hydrogen-bond acceptors (Lipinski definition) is 6. The van der Waals surface area contributed by atoms with Crippen LogP contribution in [0.1, 0.15) is 32.8 Å². The highest BCUT2D eigenvalue weighted by Crippen LogP contribution is 2.27. The molecule has 0 saturated carbocycles. The van der Waals surface area contributed by atoms with Crippen molar-refractivity contribution in [3.8, 4) is 0 Å². The lowest BCUT2D eigenvalue weighted by Crippen LogP contribution is -2.52. The first-order chi connectivity index (χ1) is 18.9. The molecule has 10 nitrogen and oxygen atoms in total. The number of carbonyl (C=O) groups excluding carboxylic acids is 2. The average molecular weight is 587 g/mol. The van der Waals surface area contributed by atoms with Crippen LogP contribution in [-0.4, -0.2) is 48.7 Å². The second-order valence-corrected chi connectivity index (χ2v) is 11.5. The Kier molecular flexibility index (Phi) is 10.2. The zero-order valence-electron chi connectivity index (χ0n) is 22.4. The largest absolute Gasteiger partial charge is 0.352 e. The van der Waals surface area contributed by atoms with Crippen LogP contribution in [0.2, 0.25) is 5.02 Å². The van der Waals surface area contributed by atoms with Gasteiger partial charge in [-0.15, -0.1) is 0 Å². The first-order valence-electron chi connectivity index (χ1n) is 12.6. The summed E-state index contributed by atoms with van der Waals surface area (Å²) in [7, 11) is -4.28. The van der Waals surface area contributed by atoms with Gasteiger partial charge in [-0.25, -0.2) is 8.42 Å². The second-order valence-electron chi connectivity index (χ2n) is 9.21. The van der Waals surface area contributed by atoms with Crippen LogP contribution in [0.3, 0.4) is 0 Å². The average Bonchev–Trinajstić information content (AvgIpc) is 2.95. The molecule has 40 heavy (non-hydrogen) atoms. The van der Waals surface area contributed by atoms with Crippen molar-refractivity contribution in [2.45, 2.75) is 50.7 Å². The fourth-order valence-corrected chi connectivity index (χ4v) is 5.48. The van der Waals surface area contributed by atoms with Gasteiger partial charge in [0.15, 0.2) is 0 Å². The SMILES string of the molecule is CC[C@@H](C)NC(=O)[C@@H](C)N(Cc1ccccc1Cl)C(=O)CN(c1ccc([N+](=O)[O-])cc1)S(=O)(=O)c1ccccc1. The second kappa shape index (κ2) is 13.4. The molecule has 0 fully saturated rings. The van der Waals surface area contributed by atoms with Gasteiger partial charge in [0, 0.05) is 29.7 Å². The van der Waals surface area contributed by atoms with Crippen molar-refractivity contribution in [3.05, 3.63) is 99.6 Å². The Bertz CT molecular complexity index is 1450. The van der Waals surface area contributed by atoms with Crippen LogP contribution in [-0.2, 0) is 26.2 Å². The van der Waals surface area contributed by atoms with E-state index in [-0.39, 0.29) is 28.9 Å². The van der Waals surface area contributed by atoms with E-state index in [0.29, 0.717) is 17.0 Å². The van der Waals surface area contributed by atoms with Crippen molar-refractivity contribution in [2.24, 2.45) is 0 Å². The number of nitro groups is 1. The Hall–Kier alpha value is -3.96. The summed E-state index contributed by atoms with van der Waals surface area (Å²) in [5.74, 6) is -1.06. The maximum Gasteiger partial charge on any atom is 0.269 e. The highest BCUT2D eigenvalue weighted by Gasteiger charge is 2.33. The van der Waals surface area contributed by atoms with Crippen LogP contribution >= 0.6 is 11.6 Å². The first kappa shape index (κ1) is 30.6. The minimum absolute atomic E-state index is 0.0485. The van der Waals surface area contributed by atoms with Crippen LogP contribution in [0.15, 0.2) is 83.8 Å². The van der Waals surface area contributed by atoms with Gasteiger partial charge in [0.1, 0.15) is 12.6 Å². The molecule has 2 amide bonds. The Morgan fingerprint density at radius 3 is 2.15 bits per heavy atom. The molecule has 0 heterocycles. The molecule has 0 bridgehead atoms. The predicted octanol–water partition coefficient (Wildman–Crippen LogP) is 4.78. The lowest BCUT2D eigenvalue weighted by molar-refractivity contribution is -0.384. The lowest BCUT2D eigenvalue weighted by atomic mass is 10.1. The molecule has 0 aliphatic carbocycles. The summed E-state index contributed by atoms with van der Waals surface area (Å²) in [6, 6.07) is 18.2. The van der Waals surface area contributed by atoms with Gasteiger partial charge < -0.3 is 10.2 Å². The van der Waals surface area contributed by atoms with Gasteiger partial charge in [0.25, 0.3) is 15.7 Å². The molecule has 0 unspecified atom stereocenters. The number of sulfonamides is 1. The number of nitrogens with zero attached hydrogens (tertiary/aromatic N) is 3. The van der Waals surface area contributed by atoms with E-state index in [1.54, 1.807) is 49.4 Å². The number of nitro benzene ring substituents is 1. The van der Waals surface area contributed by atoms with E-state index in [2.05, 4.69) is 5.32 Å². The molecule has 0 aliphatic heterocycles. The van der Waals surface area contributed by atoms with Gasteiger partial charge in [-0.2, -0.15) is 0 Å². The van der Waals surface area contributed by atoms with E-state index in [9.17, 15) is 28.1 Å². The third kappa shape index (κ3) is 7.36. The molecule has 3 rings (SSSR count). The molecule has 0 radical (unpaired) electrons. The Labute approximate surface area is 238 Å². The van der Waals surface area contributed by atoms with Crippen molar-refractivity contribution >= 4 is 44.8 Å². The summed E-state index contributed by atoms with van der Waals surface area (Å²) in [4.78, 5) is 38.7. The molecule has 0 spiro atoms. The number of hydrogen-bond donors (Lipinski definition) is 1. The number of non-ortho nitro benzene ring substituents is 1. The van der Waals surface area contributed by atoms with Gasteiger partial charge in [-0.05, 0) is 56.2 Å². The summed E-state index contributed by atoms with van der Waals surface area (Å²) < 4.78 is 28.3. The Morgan fingerprint density at radius 1 is 0.975 bits per heavy atom. The lowest BCUT2D eigenvalue weighted by Gasteiger charge is -2.32. The first-order valence-corrected chi connectivity index (χ1v) is 14.4. The normalized spacial score (nSPS) is 12.7. The quantitative estimate of drug-likeness (QED) is 0.240. The number of benzene rings is 3. The molecular weight excluding hydrogens is 556 g/mol. The van der Waals surface area contributed by atoms with E-state index in [1.807, 2.05) is 13.8 Å². The highest BCUT2D eigenvalue weighted by atomic mass is 35.5. The molecule has 12 heteroatoms. The maximum absolute atomic E-state index is 13.9. The molecule has 0 aromatic heterocycles. The molecular formula is C28H31ClN4O6S. The number of amides is 2. The van der Waals surface area contributed by atoms with Crippen LogP contribution in [0.25, 0.3) is 0 Å². The van der Waals surface area contributed by atoms with Crippen LogP contribution < -0.4 is 9.62 Å². The molecule has 1 N–H and O–H groups in total. The molecule has 3 aromatic rings. The van der Waals surface area contributed by atoms with Gasteiger partial charge in [0.2, 0.25) is 11.8 Å². The Balaban J connectivity index is 2.04. The fraction of sp³-hybridized carbons (Fsp3) is 0.286. The van der Waals surface area contributed by atoms with Crippen molar-refractivity contribution in [1.82, 2.24) is 10.2 Å². The number of anilines is 1. The molecule has 2 atom stereocenters. The highest BCUT2D eigenvalue weighted by molar-refractivity contribution is 7.92. The van der Waals surface area contributed by atoms with Gasteiger partial charge in [-0.3, -0.25) is 24.0 Å². The third-order valence-corrected chi connectivity index (χ3v) is 8.58. The maximum atomic E-state index is 13.9.